The van der Waals surface area contributed by atoms with Gasteiger partial charge in [-0.05, 0) is 49.0 Å². The smallest absolute Gasteiger partial charge is 0.268 e. The third-order valence-electron chi connectivity index (χ3n) is 5.27. The Balaban J connectivity index is 1.82. The molecule has 7 nitrogen and oxygen atoms in total. The lowest BCUT2D eigenvalue weighted by Gasteiger charge is -2.12. The number of fused-ring (bicyclic) bond motifs is 1. The van der Waals surface area contributed by atoms with Crippen LogP contribution in [0.15, 0.2) is 71.8 Å². The van der Waals surface area contributed by atoms with Gasteiger partial charge in [0.05, 0.1) is 35.3 Å². The van der Waals surface area contributed by atoms with E-state index < -0.39 is 10.0 Å². The molecule has 0 radical (unpaired) electrons. The van der Waals surface area contributed by atoms with Crippen molar-refractivity contribution in [3.05, 3.63) is 77.4 Å². The van der Waals surface area contributed by atoms with Crippen LogP contribution < -0.4 is 20.1 Å². The van der Waals surface area contributed by atoms with Crippen molar-refractivity contribution in [2.75, 3.05) is 26.6 Å². The average molecular weight is 486 g/mol. The van der Waals surface area contributed by atoms with Crippen LogP contribution in [0.4, 0.5) is 11.4 Å². The molecule has 0 bridgehead atoms. The van der Waals surface area contributed by atoms with Crippen molar-refractivity contribution in [3.8, 4) is 11.5 Å². The summed E-state index contributed by atoms with van der Waals surface area (Å²) in [5.41, 5.74) is 2.80. The van der Waals surface area contributed by atoms with Crippen molar-refractivity contribution in [2.45, 2.75) is 11.4 Å². The molecule has 0 amide bonds. The highest BCUT2D eigenvalue weighted by Gasteiger charge is 2.22. The normalized spacial score (nSPS) is 11.5. The minimum absolute atomic E-state index is 0.145. The number of hydrogen-bond acceptors (Lipinski definition) is 6. The van der Waals surface area contributed by atoms with Crippen molar-refractivity contribution in [1.82, 2.24) is 9.29 Å². The van der Waals surface area contributed by atoms with Gasteiger partial charge in [0, 0.05) is 35.9 Å². The summed E-state index contributed by atoms with van der Waals surface area (Å²) < 4.78 is 38.8. The molecule has 0 atom stereocenters. The summed E-state index contributed by atoms with van der Waals surface area (Å²) in [4.78, 5) is 0.145. The Morgan fingerprint density at radius 3 is 2.42 bits per heavy atom. The lowest BCUT2D eigenvalue weighted by atomic mass is 10.1. The first-order valence-electron chi connectivity index (χ1n) is 10.2. The van der Waals surface area contributed by atoms with E-state index in [1.807, 2.05) is 25.2 Å². The molecule has 0 saturated heterocycles. The monoisotopic (exact) mass is 485 g/mol. The first-order chi connectivity index (χ1) is 15.9. The van der Waals surface area contributed by atoms with Crippen LogP contribution in [0.25, 0.3) is 10.9 Å². The van der Waals surface area contributed by atoms with E-state index in [1.54, 1.807) is 49.7 Å². The first-order valence-corrected chi connectivity index (χ1v) is 12.0. The number of methoxy groups -OCH3 is 2. The number of nitrogens with zero attached hydrogens (tertiary/aromatic N) is 1. The number of halogens is 1. The number of hydrogen-bond donors (Lipinski definition) is 2. The summed E-state index contributed by atoms with van der Waals surface area (Å²) in [6.45, 7) is 0.522. The predicted octanol–water partition coefficient (Wildman–Crippen LogP) is 5.01. The van der Waals surface area contributed by atoms with E-state index in [9.17, 15) is 8.42 Å². The quantitative estimate of drug-likeness (QED) is 0.365. The molecule has 9 heteroatoms. The van der Waals surface area contributed by atoms with Crippen molar-refractivity contribution >= 4 is 43.9 Å². The zero-order valence-electron chi connectivity index (χ0n) is 18.4. The number of benzene rings is 3. The van der Waals surface area contributed by atoms with E-state index in [4.69, 9.17) is 21.1 Å². The zero-order chi connectivity index (χ0) is 23.6. The highest BCUT2D eigenvalue weighted by Crippen LogP contribution is 2.33. The van der Waals surface area contributed by atoms with Crippen molar-refractivity contribution in [3.63, 3.8) is 0 Å². The minimum Gasteiger partial charge on any atom is -0.497 e. The molecule has 1 aromatic heterocycles. The fraction of sp³-hybridized carbons (Fsp3) is 0.167. The molecule has 0 fully saturated rings. The molecule has 33 heavy (non-hydrogen) atoms. The Labute approximate surface area is 197 Å². The van der Waals surface area contributed by atoms with Crippen LogP contribution in [0.3, 0.4) is 0 Å². The highest BCUT2D eigenvalue weighted by atomic mass is 35.5. The van der Waals surface area contributed by atoms with E-state index in [-0.39, 0.29) is 4.90 Å². The van der Waals surface area contributed by atoms with E-state index in [0.29, 0.717) is 40.0 Å². The lowest BCUT2D eigenvalue weighted by molar-refractivity contribution is 0.413. The number of ether oxygens (including phenoxy) is 2. The Bertz CT molecular complexity index is 1420. The van der Waals surface area contributed by atoms with Gasteiger partial charge in [-0.3, -0.25) is 0 Å². The Morgan fingerprint density at radius 2 is 1.73 bits per heavy atom. The van der Waals surface area contributed by atoms with Crippen molar-refractivity contribution in [1.29, 1.82) is 0 Å². The summed E-state index contributed by atoms with van der Waals surface area (Å²) in [7, 11) is 1.04. The van der Waals surface area contributed by atoms with Crippen LogP contribution in [0, 0.1) is 0 Å². The third kappa shape index (κ3) is 4.50. The van der Waals surface area contributed by atoms with E-state index in [1.165, 1.54) is 17.1 Å². The molecule has 0 spiro atoms. The number of aromatic nitrogens is 1. The first kappa shape index (κ1) is 23.0. The molecule has 0 aliphatic heterocycles. The number of anilines is 2. The average Bonchev–Trinajstić information content (AvgIpc) is 3.19. The highest BCUT2D eigenvalue weighted by molar-refractivity contribution is 7.90. The second-order valence-electron chi connectivity index (χ2n) is 7.37. The summed E-state index contributed by atoms with van der Waals surface area (Å²) in [5.74, 6) is 1.12. The van der Waals surface area contributed by atoms with Crippen LogP contribution >= 0.6 is 11.6 Å². The second kappa shape index (κ2) is 9.35. The Kier molecular flexibility index (Phi) is 6.51. The topological polar surface area (TPSA) is 81.6 Å². The Hall–Kier alpha value is -3.20. The summed E-state index contributed by atoms with van der Waals surface area (Å²) in [6, 6.07) is 17.3. The maximum absolute atomic E-state index is 13.6. The van der Waals surface area contributed by atoms with Gasteiger partial charge in [-0.15, -0.1) is 0 Å². The molecular weight excluding hydrogens is 462 g/mol. The predicted molar refractivity (Wildman–Crippen MR) is 132 cm³/mol. The summed E-state index contributed by atoms with van der Waals surface area (Å²) >= 11 is 6.37. The molecule has 0 saturated carbocycles. The summed E-state index contributed by atoms with van der Waals surface area (Å²) in [5, 5.41) is 7.69. The molecule has 0 unspecified atom stereocenters. The Morgan fingerprint density at radius 1 is 0.970 bits per heavy atom. The van der Waals surface area contributed by atoms with E-state index in [0.717, 1.165) is 10.9 Å². The lowest BCUT2D eigenvalue weighted by Crippen LogP contribution is -2.12. The number of rotatable bonds is 8. The summed E-state index contributed by atoms with van der Waals surface area (Å²) in [6.07, 6.45) is 1.65. The standard InChI is InChI=1S/C24H24ClN3O4S/c1-26-14-16-15-28(33(29,30)20-6-4-5-18(12-20)31-2)24-11-17(7-9-21(16)24)27-23-10-8-19(32-3)13-22(23)25/h4-13,15,26-27H,14H2,1-3H3. The van der Waals surface area contributed by atoms with Crippen LogP contribution in [-0.2, 0) is 16.6 Å². The van der Waals surface area contributed by atoms with Gasteiger partial charge >= 0.3 is 0 Å². The molecule has 4 rings (SSSR count). The largest absolute Gasteiger partial charge is 0.497 e. The molecule has 0 aliphatic carbocycles. The minimum atomic E-state index is -3.86. The van der Waals surface area contributed by atoms with Crippen LogP contribution in [-0.4, -0.2) is 33.7 Å². The van der Waals surface area contributed by atoms with Gasteiger partial charge in [-0.25, -0.2) is 12.4 Å². The van der Waals surface area contributed by atoms with Gasteiger partial charge in [0.15, 0.2) is 0 Å². The van der Waals surface area contributed by atoms with Gasteiger partial charge in [-0.2, -0.15) is 0 Å². The van der Waals surface area contributed by atoms with Crippen LogP contribution in [0.5, 0.6) is 11.5 Å². The maximum Gasteiger partial charge on any atom is 0.268 e. The molecular formula is C24H24ClN3O4S. The fourth-order valence-electron chi connectivity index (χ4n) is 3.63. The third-order valence-corrected chi connectivity index (χ3v) is 7.26. The van der Waals surface area contributed by atoms with Crippen LogP contribution in [0.2, 0.25) is 5.02 Å². The SMILES string of the molecule is CNCc1cn(S(=O)(=O)c2cccc(OC)c2)c2cc(Nc3ccc(OC)cc3Cl)ccc12. The molecule has 3 aromatic carbocycles. The van der Waals surface area contributed by atoms with E-state index >= 15 is 0 Å². The number of nitrogens with one attached hydrogen (secondary N) is 2. The van der Waals surface area contributed by atoms with Gasteiger partial charge in [-0.1, -0.05) is 23.7 Å². The van der Waals surface area contributed by atoms with Gasteiger partial charge < -0.3 is 20.1 Å². The maximum atomic E-state index is 13.6. The molecule has 2 N–H and O–H groups in total. The van der Waals surface area contributed by atoms with E-state index in [2.05, 4.69) is 10.6 Å². The van der Waals surface area contributed by atoms with Crippen LogP contribution in [0.1, 0.15) is 5.56 Å². The molecule has 0 aliphatic rings. The van der Waals surface area contributed by atoms with Gasteiger partial charge in [0.25, 0.3) is 10.0 Å². The zero-order valence-corrected chi connectivity index (χ0v) is 20.0. The van der Waals surface area contributed by atoms with Gasteiger partial charge in [0.2, 0.25) is 0 Å². The fourth-order valence-corrected chi connectivity index (χ4v) is 5.27. The molecule has 1 heterocycles. The second-order valence-corrected chi connectivity index (χ2v) is 9.59. The van der Waals surface area contributed by atoms with Gasteiger partial charge in [0.1, 0.15) is 11.5 Å². The molecule has 4 aromatic rings. The molecule has 172 valence electrons. The van der Waals surface area contributed by atoms with Crippen molar-refractivity contribution in [2.24, 2.45) is 0 Å². The van der Waals surface area contributed by atoms with Crippen molar-refractivity contribution < 1.29 is 17.9 Å².